The van der Waals surface area contributed by atoms with Crippen molar-refractivity contribution < 1.29 is 4.79 Å². The van der Waals surface area contributed by atoms with E-state index >= 15 is 0 Å². The maximum absolute atomic E-state index is 11.3. The molecule has 2 heteroatoms. The van der Waals surface area contributed by atoms with Crippen LogP contribution in [0, 0.1) is 0 Å². The minimum absolute atomic E-state index is 0.258. The highest BCUT2D eigenvalue weighted by Gasteiger charge is 2.28. The third-order valence-electron chi connectivity index (χ3n) is 2.68. The lowest BCUT2D eigenvalue weighted by Crippen LogP contribution is -2.22. The molecular formula is C11H13NO. The summed E-state index contributed by atoms with van der Waals surface area (Å²) in [4.78, 5) is 13.1. The van der Waals surface area contributed by atoms with Crippen LogP contribution in [0.25, 0.3) is 0 Å². The molecule has 1 saturated heterocycles. The van der Waals surface area contributed by atoms with E-state index in [9.17, 15) is 4.79 Å². The lowest BCUT2D eigenvalue weighted by molar-refractivity contribution is -0.127. The van der Waals surface area contributed by atoms with Gasteiger partial charge in [0, 0.05) is 13.5 Å². The molecule has 1 aromatic carbocycles. The first-order chi connectivity index (χ1) is 6.29. The van der Waals surface area contributed by atoms with Gasteiger partial charge in [-0.2, -0.15) is 0 Å². The fourth-order valence-electron chi connectivity index (χ4n) is 1.87. The Balaban J connectivity index is 2.24. The van der Waals surface area contributed by atoms with E-state index in [4.69, 9.17) is 0 Å². The number of amides is 1. The molecule has 1 amide bonds. The molecule has 1 heterocycles. The van der Waals surface area contributed by atoms with Gasteiger partial charge in [-0.05, 0) is 12.0 Å². The van der Waals surface area contributed by atoms with Crippen LogP contribution < -0.4 is 0 Å². The number of benzene rings is 1. The molecule has 68 valence electrons. The minimum Gasteiger partial charge on any atom is -0.339 e. The van der Waals surface area contributed by atoms with Gasteiger partial charge in [-0.15, -0.1) is 0 Å². The predicted molar refractivity (Wildman–Crippen MR) is 51.2 cm³/mol. The van der Waals surface area contributed by atoms with Crippen molar-refractivity contribution in [2.45, 2.75) is 18.9 Å². The molecule has 1 fully saturated rings. The molecule has 2 nitrogen and oxygen atoms in total. The monoisotopic (exact) mass is 175 g/mol. The Morgan fingerprint density at radius 1 is 1.31 bits per heavy atom. The van der Waals surface area contributed by atoms with E-state index in [1.54, 1.807) is 0 Å². The maximum atomic E-state index is 11.3. The first kappa shape index (κ1) is 8.30. The zero-order valence-electron chi connectivity index (χ0n) is 7.73. The lowest BCUT2D eigenvalue weighted by Gasteiger charge is -2.19. The van der Waals surface area contributed by atoms with Gasteiger partial charge in [0.05, 0.1) is 6.04 Å². The molecule has 1 unspecified atom stereocenters. The summed E-state index contributed by atoms with van der Waals surface area (Å²) < 4.78 is 0. The van der Waals surface area contributed by atoms with Crippen molar-refractivity contribution >= 4 is 5.91 Å². The van der Waals surface area contributed by atoms with E-state index < -0.39 is 0 Å². The van der Waals surface area contributed by atoms with Crippen LogP contribution >= 0.6 is 0 Å². The van der Waals surface area contributed by atoms with E-state index in [2.05, 4.69) is 12.1 Å². The van der Waals surface area contributed by atoms with Gasteiger partial charge in [0.2, 0.25) is 5.91 Å². The summed E-state index contributed by atoms with van der Waals surface area (Å²) in [5.74, 6) is 0.258. The van der Waals surface area contributed by atoms with Crippen molar-refractivity contribution in [2.24, 2.45) is 0 Å². The molecule has 0 N–H and O–H groups in total. The quantitative estimate of drug-likeness (QED) is 0.639. The standard InChI is InChI=1S/C11H13NO/c1-12-10(7-8-11(12)13)9-5-3-2-4-6-9/h2-6,10H,7-8H2,1H3. The van der Waals surface area contributed by atoms with Crippen LogP contribution in [-0.4, -0.2) is 17.9 Å². The van der Waals surface area contributed by atoms with E-state index in [1.165, 1.54) is 5.56 Å². The Labute approximate surface area is 78.2 Å². The first-order valence-electron chi connectivity index (χ1n) is 4.59. The van der Waals surface area contributed by atoms with Gasteiger partial charge >= 0.3 is 0 Å². The van der Waals surface area contributed by atoms with E-state index in [0.29, 0.717) is 12.5 Å². The Hall–Kier alpha value is -1.31. The number of carbonyl (C=O) groups excluding carboxylic acids is 1. The fourth-order valence-corrected chi connectivity index (χ4v) is 1.87. The van der Waals surface area contributed by atoms with E-state index in [1.807, 2.05) is 30.1 Å². The lowest BCUT2D eigenvalue weighted by atomic mass is 10.1. The maximum Gasteiger partial charge on any atom is 0.222 e. The molecule has 1 aliphatic rings. The van der Waals surface area contributed by atoms with Crippen LogP contribution in [0.1, 0.15) is 24.4 Å². The van der Waals surface area contributed by atoms with Crippen LogP contribution in [0.4, 0.5) is 0 Å². The Bertz CT molecular complexity index is 307. The normalized spacial score (nSPS) is 22.4. The van der Waals surface area contributed by atoms with Crippen LogP contribution in [0.5, 0.6) is 0 Å². The van der Waals surface area contributed by atoms with Gasteiger partial charge in [-0.25, -0.2) is 0 Å². The molecule has 0 bridgehead atoms. The van der Waals surface area contributed by atoms with Gasteiger partial charge in [-0.3, -0.25) is 4.79 Å². The number of nitrogens with zero attached hydrogens (tertiary/aromatic N) is 1. The molecule has 0 saturated carbocycles. The van der Waals surface area contributed by atoms with Gasteiger partial charge in [0.15, 0.2) is 0 Å². The van der Waals surface area contributed by atoms with Gasteiger partial charge < -0.3 is 4.90 Å². The first-order valence-corrected chi connectivity index (χ1v) is 4.59. The van der Waals surface area contributed by atoms with Crippen LogP contribution in [0.15, 0.2) is 30.3 Å². The average molecular weight is 175 g/mol. The second kappa shape index (κ2) is 3.21. The van der Waals surface area contributed by atoms with Gasteiger partial charge in [0.1, 0.15) is 0 Å². The number of carbonyl (C=O) groups is 1. The Morgan fingerprint density at radius 3 is 2.54 bits per heavy atom. The summed E-state index contributed by atoms with van der Waals surface area (Å²) in [7, 11) is 1.88. The summed E-state index contributed by atoms with van der Waals surface area (Å²) >= 11 is 0. The third-order valence-corrected chi connectivity index (χ3v) is 2.68. The number of hydrogen-bond donors (Lipinski definition) is 0. The Kier molecular flexibility index (Phi) is 2.05. The summed E-state index contributed by atoms with van der Waals surface area (Å²) in [5.41, 5.74) is 1.25. The van der Waals surface area contributed by atoms with Crippen LogP contribution in [0.2, 0.25) is 0 Å². The van der Waals surface area contributed by atoms with Crippen LogP contribution in [0.3, 0.4) is 0 Å². The van der Waals surface area contributed by atoms with E-state index in [-0.39, 0.29) is 5.91 Å². The predicted octanol–water partition coefficient (Wildman–Crippen LogP) is 1.98. The summed E-state index contributed by atoms with van der Waals surface area (Å²) in [6, 6.07) is 10.5. The van der Waals surface area contributed by atoms with Crippen molar-refractivity contribution in [3.05, 3.63) is 35.9 Å². The average Bonchev–Trinajstić information content (AvgIpc) is 2.49. The zero-order chi connectivity index (χ0) is 9.26. The molecular weight excluding hydrogens is 162 g/mol. The molecule has 2 rings (SSSR count). The molecule has 0 aromatic heterocycles. The molecule has 1 aromatic rings. The van der Waals surface area contributed by atoms with Crippen molar-refractivity contribution in [3.8, 4) is 0 Å². The van der Waals surface area contributed by atoms with Crippen molar-refractivity contribution in [1.29, 1.82) is 0 Å². The molecule has 0 spiro atoms. The van der Waals surface area contributed by atoms with Crippen molar-refractivity contribution in [1.82, 2.24) is 4.90 Å². The molecule has 1 aliphatic heterocycles. The van der Waals surface area contributed by atoms with Crippen molar-refractivity contribution in [3.63, 3.8) is 0 Å². The molecule has 0 radical (unpaired) electrons. The van der Waals surface area contributed by atoms with E-state index in [0.717, 1.165) is 6.42 Å². The summed E-state index contributed by atoms with van der Waals surface area (Å²) in [5, 5.41) is 0. The zero-order valence-corrected chi connectivity index (χ0v) is 7.73. The number of rotatable bonds is 1. The highest BCUT2D eigenvalue weighted by atomic mass is 16.2. The Morgan fingerprint density at radius 2 is 2.00 bits per heavy atom. The van der Waals surface area contributed by atoms with Crippen molar-refractivity contribution in [2.75, 3.05) is 7.05 Å². The smallest absolute Gasteiger partial charge is 0.222 e. The second-order valence-electron chi connectivity index (χ2n) is 3.47. The topological polar surface area (TPSA) is 20.3 Å². The van der Waals surface area contributed by atoms with Gasteiger partial charge in [0.25, 0.3) is 0 Å². The van der Waals surface area contributed by atoms with Gasteiger partial charge in [-0.1, -0.05) is 30.3 Å². The molecule has 1 atom stereocenters. The molecule has 13 heavy (non-hydrogen) atoms. The second-order valence-corrected chi connectivity index (χ2v) is 3.47. The third kappa shape index (κ3) is 1.44. The molecule has 0 aliphatic carbocycles. The number of likely N-dealkylation sites (tertiary alicyclic amines) is 1. The highest BCUT2D eigenvalue weighted by molar-refractivity contribution is 5.78. The summed E-state index contributed by atoms with van der Waals surface area (Å²) in [6.07, 6.45) is 1.65. The highest BCUT2D eigenvalue weighted by Crippen LogP contribution is 2.30. The SMILES string of the molecule is CN1C(=O)CCC1c1ccccc1. The number of hydrogen-bond acceptors (Lipinski definition) is 1. The summed E-state index contributed by atoms with van der Waals surface area (Å²) in [6.45, 7) is 0. The fraction of sp³-hybridized carbons (Fsp3) is 0.364. The van der Waals surface area contributed by atoms with Crippen LogP contribution in [-0.2, 0) is 4.79 Å². The minimum atomic E-state index is 0.258. The largest absolute Gasteiger partial charge is 0.339 e.